The predicted octanol–water partition coefficient (Wildman–Crippen LogP) is -0.0353. The lowest BCUT2D eigenvalue weighted by molar-refractivity contribution is -0.277. The summed E-state index contributed by atoms with van der Waals surface area (Å²) in [5.41, 5.74) is -3.35. The molecule has 11 unspecified atom stereocenters. The van der Waals surface area contributed by atoms with Crippen LogP contribution in [0.1, 0.15) is 73.4 Å². The number of carbonyl (C=O) groups excluding carboxylic acids is 4. The highest BCUT2D eigenvalue weighted by Crippen LogP contribution is 2.48. The third-order valence-corrected chi connectivity index (χ3v) is 11.4. The van der Waals surface area contributed by atoms with Gasteiger partial charge in [-0.05, 0) is 42.8 Å². The molecule has 11 atom stereocenters. The van der Waals surface area contributed by atoms with Crippen molar-refractivity contribution in [1.29, 1.82) is 0 Å². The van der Waals surface area contributed by atoms with Crippen molar-refractivity contribution in [3.63, 3.8) is 0 Å². The van der Waals surface area contributed by atoms with Crippen LogP contribution in [-0.2, 0) is 23.7 Å². The van der Waals surface area contributed by atoms with Crippen molar-refractivity contribution in [3.05, 3.63) is 70.3 Å². The number of hydrogen-bond donors (Lipinski definition) is 16. The van der Waals surface area contributed by atoms with Crippen molar-refractivity contribution in [2.45, 2.75) is 81.5 Å². The third kappa shape index (κ3) is 10.2. The van der Waals surface area contributed by atoms with Gasteiger partial charge in [-0.2, -0.15) is 0 Å². The highest BCUT2D eigenvalue weighted by atomic mass is 16.7. The Kier molecular flexibility index (Phi) is 15.1. The number of esters is 3. The van der Waals surface area contributed by atoms with Crippen LogP contribution in [0.3, 0.4) is 0 Å². The molecule has 2 fully saturated rings. The highest BCUT2D eigenvalue weighted by Gasteiger charge is 2.51. The van der Waals surface area contributed by atoms with Crippen molar-refractivity contribution in [2.75, 3.05) is 13.2 Å². The second-order valence-electron chi connectivity index (χ2n) is 16.1. The van der Waals surface area contributed by atoms with Crippen molar-refractivity contribution < 1.29 is 129 Å². The fourth-order valence-corrected chi connectivity index (χ4v) is 7.27. The molecule has 0 saturated carbocycles. The number of aromatic hydroxyl groups is 11. The van der Waals surface area contributed by atoms with Gasteiger partial charge in [-0.3, -0.25) is 4.79 Å². The van der Waals surface area contributed by atoms with Crippen LogP contribution in [0.4, 0.5) is 0 Å². The first kappa shape index (κ1) is 51.7. The molecule has 0 amide bonds. The molecule has 2 heterocycles. The molecular weight excluding hydrogens is 944 g/mol. The number of hydrogen-bond acceptors (Lipinski definition) is 26. The minimum Gasteiger partial charge on any atom is -0.507 e. The fraction of sp³-hybridized carbons (Fsp3) is 0.364. The van der Waals surface area contributed by atoms with E-state index in [-0.39, 0.29) is 6.42 Å². The lowest BCUT2D eigenvalue weighted by atomic mass is 9.87. The lowest BCUT2D eigenvalue weighted by Gasteiger charge is -2.42. The molecule has 4 aromatic rings. The van der Waals surface area contributed by atoms with E-state index in [1.165, 1.54) is 6.92 Å². The number of Topliss-reactive ketones (excluding diaryl/α,β-unsaturated/α-hetero) is 1. The Hall–Kier alpha value is -7.72. The number of ether oxygens (including phenoxy) is 6. The summed E-state index contributed by atoms with van der Waals surface area (Å²) in [6.45, 7) is 0.988. The summed E-state index contributed by atoms with van der Waals surface area (Å²) in [5.74, 6) is -17.7. The predicted molar refractivity (Wildman–Crippen MR) is 225 cm³/mol. The molecule has 378 valence electrons. The van der Waals surface area contributed by atoms with Gasteiger partial charge < -0.3 is 110 Å². The molecule has 0 bridgehead atoms. The minimum atomic E-state index is -2.36. The topological polar surface area (TPSA) is 447 Å². The standard InChI is InChI=1S/C44H46O26/c1-3-13(2)29(52)28-24(68-44-38(61)35(58)33(56)25(69-44)11-65-41(62)14-4-18(46)30(53)19(47)5-14)10-17(45)27(34(28)57)40-37(60)36(59)39(70-43(64)16-8-22(50)32(55)23(51)9-16)26(67-40)12-66-42(63)15-6-20(48)31(54)21(49)7-15/h4-10,13,25-26,33,35-40,44-51,53-61H,3,11-12H2,1-2H3. The molecule has 0 aromatic heterocycles. The van der Waals surface area contributed by atoms with Crippen LogP contribution in [0, 0.1) is 5.92 Å². The van der Waals surface area contributed by atoms with Gasteiger partial charge in [0.05, 0.1) is 22.3 Å². The summed E-state index contributed by atoms with van der Waals surface area (Å²) in [6.07, 6.45) is -21.0. The zero-order chi connectivity index (χ0) is 51.8. The minimum absolute atomic E-state index is 0.0975. The number of carbonyl (C=O) groups is 4. The Labute approximate surface area is 392 Å². The molecule has 2 saturated heterocycles. The van der Waals surface area contributed by atoms with Crippen LogP contribution in [0.25, 0.3) is 0 Å². The second-order valence-corrected chi connectivity index (χ2v) is 16.1. The second kappa shape index (κ2) is 20.5. The number of phenolic OH excluding ortho intramolecular Hbond substituents is 11. The number of phenols is 11. The lowest BCUT2D eigenvalue weighted by Crippen LogP contribution is -2.60. The van der Waals surface area contributed by atoms with Crippen LogP contribution in [-0.4, -0.2) is 174 Å². The maximum atomic E-state index is 14.0. The van der Waals surface area contributed by atoms with Gasteiger partial charge in [0.2, 0.25) is 6.29 Å². The van der Waals surface area contributed by atoms with E-state index < -0.39 is 201 Å². The van der Waals surface area contributed by atoms with Gasteiger partial charge >= 0.3 is 17.9 Å². The normalized spacial score (nSPS) is 24.8. The number of aliphatic hydroxyl groups is 5. The molecule has 16 N–H and O–H groups in total. The van der Waals surface area contributed by atoms with E-state index in [2.05, 4.69) is 0 Å². The van der Waals surface area contributed by atoms with E-state index in [0.29, 0.717) is 30.3 Å². The summed E-state index contributed by atoms with van der Waals surface area (Å²) >= 11 is 0. The van der Waals surface area contributed by atoms with Gasteiger partial charge in [-0.15, -0.1) is 0 Å². The van der Waals surface area contributed by atoms with Gasteiger partial charge in [-0.1, -0.05) is 13.8 Å². The molecule has 26 heteroatoms. The number of ketones is 1. The number of aliphatic hydroxyl groups excluding tert-OH is 5. The molecule has 6 rings (SSSR count). The van der Waals surface area contributed by atoms with Crippen LogP contribution in [0.5, 0.6) is 69.0 Å². The number of benzene rings is 4. The Morgan fingerprint density at radius 3 is 1.43 bits per heavy atom. The van der Waals surface area contributed by atoms with Gasteiger partial charge in [0.25, 0.3) is 0 Å². The fourth-order valence-electron chi connectivity index (χ4n) is 7.27. The van der Waals surface area contributed by atoms with Gasteiger partial charge in [-0.25, -0.2) is 14.4 Å². The SMILES string of the molecule is CCC(C)C(=O)c1c(OC2OC(COC(=O)c3cc(O)c(O)c(O)c3)C(O)C(O)C2O)cc(O)c(C2OC(COC(=O)c3cc(O)c(O)c(O)c3)C(OC(=O)c3cc(O)c(O)c(O)c3)C(O)C2O)c1O. The first-order chi connectivity index (χ1) is 32.9. The van der Waals surface area contributed by atoms with Gasteiger partial charge in [0, 0.05) is 12.0 Å². The Balaban J connectivity index is 1.33. The van der Waals surface area contributed by atoms with Crippen molar-refractivity contribution in [1.82, 2.24) is 0 Å². The summed E-state index contributed by atoms with van der Waals surface area (Å²) < 4.78 is 32.9. The molecule has 0 aliphatic carbocycles. The van der Waals surface area contributed by atoms with Gasteiger partial charge in [0.15, 0.2) is 63.6 Å². The van der Waals surface area contributed by atoms with E-state index in [1.807, 2.05) is 0 Å². The maximum Gasteiger partial charge on any atom is 0.338 e. The van der Waals surface area contributed by atoms with Crippen molar-refractivity contribution in [3.8, 4) is 69.0 Å². The smallest absolute Gasteiger partial charge is 0.338 e. The average Bonchev–Trinajstić information content (AvgIpc) is 3.31. The Bertz CT molecular complexity index is 2600. The Morgan fingerprint density at radius 1 is 0.529 bits per heavy atom. The van der Waals surface area contributed by atoms with E-state index in [1.54, 1.807) is 6.92 Å². The zero-order valence-corrected chi connectivity index (χ0v) is 36.3. The molecule has 2 aliphatic heterocycles. The van der Waals surface area contributed by atoms with Crippen LogP contribution in [0.15, 0.2) is 42.5 Å². The van der Waals surface area contributed by atoms with E-state index in [0.717, 1.165) is 12.1 Å². The van der Waals surface area contributed by atoms with E-state index >= 15 is 0 Å². The molecule has 0 spiro atoms. The van der Waals surface area contributed by atoms with Crippen molar-refractivity contribution >= 4 is 23.7 Å². The largest absolute Gasteiger partial charge is 0.507 e. The van der Waals surface area contributed by atoms with E-state index in [9.17, 15) is 101 Å². The Morgan fingerprint density at radius 2 is 0.971 bits per heavy atom. The summed E-state index contributed by atoms with van der Waals surface area (Å²) in [4.78, 5) is 53.2. The molecule has 2 aliphatic rings. The number of rotatable bonds is 14. The van der Waals surface area contributed by atoms with E-state index in [4.69, 9.17) is 28.4 Å². The highest BCUT2D eigenvalue weighted by molar-refractivity contribution is 6.03. The summed E-state index contributed by atoms with van der Waals surface area (Å²) in [6, 6.07) is 4.80. The quantitative estimate of drug-likeness (QED) is 0.0341. The molecule has 0 radical (unpaired) electrons. The van der Waals surface area contributed by atoms with Crippen LogP contribution < -0.4 is 4.74 Å². The molecule has 26 nitrogen and oxygen atoms in total. The monoisotopic (exact) mass is 990 g/mol. The zero-order valence-electron chi connectivity index (χ0n) is 36.3. The molecule has 4 aromatic carbocycles. The van der Waals surface area contributed by atoms with Crippen LogP contribution in [0.2, 0.25) is 0 Å². The average molecular weight is 991 g/mol. The first-order valence-electron chi connectivity index (χ1n) is 20.7. The molecular formula is C44H46O26. The maximum absolute atomic E-state index is 14.0. The molecule has 70 heavy (non-hydrogen) atoms. The summed E-state index contributed by atoms with van der Waals surface area (Å²) in [7, 11) is 0. The van der Waals surface area contributed by atoms with Gasteiger partial charge in [0.1, 0.15) is 84.9 Å². The first-order valence-corrected chi connectivity index (χ1v) is 20.7. The van der Waals surface area contributed by atoms with Crippen molar-refractivity contribution in [2.24, 2.45) is 5.92 Å². The summed E-state index contributed by atoms with van der Waals surface area (Å²) in [5, 5.41) is 167. The van der Waals surface area contributed by atoms with Crippen LogP contribution >= 0.6 is 0 Å². The third-order valence-electron chi connectivity index (χ3n) is 11.4.